The third-order valence-electron chi connectivity index (χ3n) is 2.83. The van der Waals surface area contributed by atoms with E-state index in [1.165, 1.54) is 19.4 Å². The minimum Gasteiger partial charge on any atom is -0.384 e. The zero-order valence-electron chi connectivity index (χ0n) is 8.47. The molecule has 2 unspecified atom stereocenters. The standard InChI is InChI=1S/C10H21NO/c1-8(2)9(7-12-3)10-5-4-6-11-10/h8-11H,4-7H2,1-3H3. The van der Waals surface area contributed by atoms with Crippen LogP contribution in [-0.4, -0.2) is 26.3 Å². The molecule has 0 aromatic carbocycles. The molecule has 2 heteroatoms. The molecule has 0 aliphatic carbocycles. The highest BCUT2D eigenvalue weighted by Gasteiger charge is 2.26. The van der Waals surface area contributed by atoms with Crippen LogP contribution < -0.4 is 5.32 Å². The molecule has 1 fully saturated rings. The SMILES string of the molecule is COCC(C(C)C)C1CCCN1. The summed E-state index contributed by atoms with van der Waals surface area (Å²) in [5.74, 6) is 1.41. The van der Waals surface area contributed by atoms with Crippen molar-refractivity contribution in [1.29, 1.82) is 0 Å². The lowest BCUT2D eigenvalue weighted by molar-refractivity contribution is 0.109. The summed E-state index contributed by atoms with van der Waals surface area (Å²) in [6, 6.07) is 0.699. The Kier molecular flexibility index (Phi) is 4.02. The molecule has 1 aliphatic rings. The average molecular weight is 171 g/mol. The van der Waals surface area contributed by atoms with Gasteiger partial charge >= 0.3 is 0 Å². The molecule has 72 valence electrons. The second-order valence-electron chi connectivity index (χ2n) is 4.07. The number of hydrogen-bond acceptors (Lipinski definition) is 2. The lowest BCUT2D eigenvalue weighted by Crippen LogP contribution is -2.36. The highest BCUT2D eigenvalue weighted by Crippen LogP contribution is 2.22. The lowest BCUT2D eigenvalue weighted by atomic mass is 9.88. The van der Waals surface area contributed by atoms with Crippen molar-refractivity contribution in [3.63, 3.8) is 0 Å². The first-order valence-electron chi connectivity index (χ1n) is 4.98. The molecule has 1 N–H and O–H groups in total. The maximum Gasteiger partial charge on any atom is 0.0507 e. The third-order valence-corrected chi connectivity index (χ3v) is 2.83. The van der Waals surface area contributed by atoms with Crippen LogP contribution in [0.2, 0.25) is 0 Å². The van der Waals surface area contributed by atoms with Crippen molar-refractivity contribution in [3.8, 4) is 0 Å². The van der Waals surface area contributed by atoms with E-state index in [1.54, 1.807) is 7.11 Å². The molecule has 12 heavy (non-hydrogen) atoms. The molecule has 0 radical (unpaired) electrons. The van der Waals surface area contributed by atoms with Crippen LogP contribution in [-0.2, 0) is 4.74 Å². The van der Waals surface area contributed by atoms with Crippen molar-refractivity contribution < 1.29 is 4.74 Å². The van der Waals surface area contributed by atoms with E-state index in [2.05, 4.69) is 19.2 Å². The first-order chi connectivity index (χ1) is 5.75. The van der Waals surface area contributed by atoms with Crippen molar-refractivity contribution >= 4 is 0 Å². The first-order valence-corrected chi connectivity index (χ1v) is 4.98. The van der Waals surface area contributed by atoms with E-state index in [-0.39, 0.29) is 0 Å². The Morgan fingerprint density at radius 2 is 2.25 bits per heavy atom. The summed E-state index contributed by atoms with van der Waals surface area (Å²) in [5, 5.41) is 3.54. The van der Waals surface area contributed by atoms with Crippen LogP contribution in [0.25, 0.3) is 0 Å². The van der Waals surface area contributed by atoms with Crippen LogP contribution in [0.4, 0.5) is 0 Å². The Labute approximate surface area is 75.7 Å². The van der Waals surface area contributed by atoms with E-state index >= 15 is 0 Å². The van der Waals surface area contributed by atoms with Gasteiger partial charge in [-0.05, 0) is 31.2 Å². The molecule has 1 aliphatic heterocycles. The molecule has 1 rings (SSSR count). The molecule has 0 aromatic heterocycles. The second-order valence-corrected chi connectivity index (χ2v) is 4.07. The molecule has 2 atom stereocenters. The van der Waals surface area contributed by atoms with E-state index in [4.69, 9.17) is 4.74 Å². The summed E-state index contributed by atoms with van der Waals surface area (Å²) in [6.07, 6.45) is 2.66. The monoisotopic (exact) mass is 171 g/mol. The van der Waals surface area contributed by atoms with Crippen LogP contribution in [0.3, 0.4) is 0 Å². The predicted octanol–water partition coefficient (Wildman–Crippen LogP) is 1.66. The summed E-state index contributed by atoms with van der Waals surface area (Å²) in [4.78, 5) is 0. The third kappa shape index (κ3) is 2.46. The van der Waals surface area contributed by atoms with Crippen LogP contribution in [0.1, 0.15) is 26.7 Å². The van der Waals surface area contributed by atoms with Crippen LogP contribution in [0.5, 0.6) is 0 Å². The molecule has 0 aromatic rings. The fourth-order valence-corrected chi connectivity index (χ4v) is 2.04. The maximum atomic E-state index is 5.24. The van der Waals surface area contributed by atoms with Crippen LogP contribution >= 0.6 is 0 Å². The van der Waals surface area contributed by atoms with Gasteiger partial charge in [0.25, 0.3) is 0 Å². The van der Waals surface area contributed by atoms with Gasteiger partial charge in [-0.1, -0.05) is 13.8 Å². The summed E-state index contributed by atoms with van der Waals surface area (Å²) in [7, 11) is 1.80. The fourth-order valence-electron chi connectivity index (χ4n) is 2.04. The van der Waals surface area contributed by atoms with E-state index in [1.807, 2.05) is 0 Å². The molecular weight excluding hydrogens is 150 g/mol. The van der Waals surface area contributed by atoms with Crippen LogP contribution in [0, 0.1) is 11.8 Å². The average Bonchev–Trinajstić information content (AvgIpc) is 2.51. The van der Waals surface area contributed by atoms with Crippen molar-refractivity contribution in [2.24, 2.45) is 11.8 Å². The minimum atomic E-state index is 0.692. The number of rotatable bonds is 4. The Balaban J connectivity index is 2.40. The van der Waals surface area contributed by atoms with Gasteiger partial charge in [-0.25, -0.2) is 0 Å². The number of hydrogen-bond donors (Lipinski definition) is 1. The topological polar surface area (TPSA) is 21.3 Å². The van der Waals surface area contributed by atoms with Crippen molar-refractivity contribution in [2.45, 2.75) is 32.7 Å². The predicted molar refractivity (Wildman–Crippen MR) is 51.2 cm³/mol. The number of nitrogens with one attached hydrogen (secondary N) is 1. The van der Waals surface area contributed by atoms with Crippen molar-refractivity contribution in [2.75, 3.05) is 20.3 Å². The maximum absolute atomic E-state index is 5.24. The molecule has 0 saturated carbocycles. The van der Waals surface area contributed by atoms with Crippen molar-refractivity contribution in [3.05, 3.63) is 0 Å². The van der Waals surface area contributed by atoms with E-state index in [9.17, 15) is 0 Å². The minimum absolute atomic E-state index is 0.692. The molecule has 0 bridgehead atoms. The number of ether oxygens (including phenoxy) is 1. The summed E-state index contributed by atoms with van der Waals surface area (Å²) in [6.45, 7) is 6.65. The second kappa shape index (κ2) is 4.83. The first kappa shape index (κ1) is 10.0. The van der Waals surface area contributed by atoms with Gasteiger partial charge in [-0.3, -0.25) is 0 Å². The van der Waals surface area contributed by atoms with Gasteiger partial charge in [0.1, 0.15) is 0 Å². The van der Waals surface area contributed by atoms with E-state index in [0.717, 1.165) is 12.5 Å². The smallest absolute Gasteiger partial charge is 0.0507 e. The van der Waals surface area contributed by atoms with Gasteiger partial charge in [0.15, 0.2) is 0 Å². The number of methoxy groups -OCH3 is 1. The largest absolute Gasteiger partial charge is 0.384 e. The lowest BCUT2D eigenvalue weighted by Gasteiger charge is -2.26. The quantitative estimate of drug-likeness (QED) is 0.694. The zero-order valence-corrected chi connectivity index (χ0v) is 8.47. The Morgan fingerprint density at radius 3 is 2.67 bits per heavy atom. The molecule has 0 spiro atoms. The normalized spacial score (nSPS) is 26.5. The molecular formula is C10H21NO. The molecule has 2 nitrogen and oxygen atoms in total. The van der Waals surface area contributed by atoms with Gasteiger partial charge in [-0.2, -0.15) is 0 Å². The zero-order chi connectivity index (χ0) is 8.97. The van der Waals surface area contributed by atoms with Gasteiger partial charge < -0.3 is 10.1 Å². The Bertz CT molecular complexity index is 119. The fraction of sp³-hybridized carbons (Fsp3) is 1.00. The highest BCUT2D eigenvalue weighted by atomic mass is 16.5. The molecule has 1 heterocycles. The molecule has 0 amide bonds. The van der Waals surface area contributed by atoms with E-state index in [0.29, 0.717) is 12.0 Å². The summed E-state index contributed by atoms with van der Waals surface area (Å²) < 4.78 is 5.24. The molecule has 1 saturated heterocycles. The van der Waals surface area contributed by atoms with Gasteiger partial charge in [-0.15, -0.1) is 0 Å². The van der Waals surface area contributed by atoms with Gasteiger partial charge in [0.2, 0.25) is 0 Å². The Hall–Kier alpha value is -0.0800. The van der Waals surface area contributed by atoms with Gasteiger partial charge in [0.05, 0.1) is 6.61 Å². The van der Waals surface area contributed by atoms with Gasteiger partial charge in [0, 0.05) is 13.2 Å². The van der Waals surface area contributed by atoms with Crippen molar-refractivity contribution in [1.82, 2.24) is 5.32 Å². The van der Waals surface area contributed by atoms with Crippen LogP contribution in [0.15, 0.2) is 0 Å². The summed E-state index contributed by atoms with van der Waals surface area (Å²) in [5.41, 5.74) is 0. The Morgan fingerprint density at radius 1 is 1.50 bits per heavy atom. The summed E-state index contributed by atoms with van der Waals surface area (Å²) >= 11 is 0. The highest BCUT2D eigenvalue weighted by molar-refractivity contribution is 4.83. The van der Waals surface area contributed by atoms with E-state index < -0.39 is 0 Å².